The van der Waals surface area contributed by atoms with Gasteiger partial charge in [0.25, 0.3) is 0 Å². The van der Waals surface area contributed by atoms with Gasteiger partial charge < -0.3 is 5.11 Å². The van der Waals surface area contributed by atoms with Gasteiger partial charge in [-0.05, 0) is 41.7 Å². The van der Waals surface area contributed by atoms with Gasteiger partial charge in [0.05, 0.1) is 0 Å². The normalized spacial score (nSPS) is 14.4. The molecule has 0 amide bonds. The minimum atomic E-state index is -1.18. The lowest BCUT2D eigenvalue weighted by atomic mass is 9.87. The van der Waals surface area contributed by atoms with E-state index in [1.807, 2.05) is 24.3 Å². The van der Waals surface area contributed by atoms with Crippen molar-refractivity contribution in [2.75, 3.05) is 0 Å². The Morgan fingerprint density at radius 2 is 1.63 bits per heavy atom. The summed E-state index contributed by atoms with van der Waals surface area (Å²) >= 11 is 0. The van der Waals surface area contributed by atoms with E-state index in [4.69, 9.17) is 0 Å². The molecular formula is C17H19FO. The van der Waals surface area contributed by atoms with Crippen LogP contribution in [-0.4, -0.2) is 5.11 Å². The molecule has 1 N–H and O–H groups in total. The summed E-state index contributed by atoms with van der Waals surface area (Å²) in [6.45, 7) is 5.94. The van der Waals surface area contributed by atoms with Gasteiger partial charge in [-0.2, -0.15) is 0 Å². The second kappa shape index (κ2) is 5.14. The predicted molar refractivity (Wildman–Crippen MR) is 75.6 cm³/mol. The highest BCUT2D eigenvalue weighted by atomic mass is 19.1. The third-order valence-corrected chi connectivity index (χ3v) is 3.53. The maximum absolute atomic E-state index is 13.3. The number of hydrogen-bond acceptors (Lipinski definition) is 1. The van der Waals surface area contributed by atoms with Crippen LogP contribution in [0.5, 0.6) is 0 Å². The zero-order valence-corrected chi connectivity index (χ0v) is 11.5. The van der Waals surface area contributed by atoms with E-state index in [1.165, 1.54) is 17.7 Å². The van der Waals surface area contributed by atoms with Gasteiger partial charge in [0, 0.05) is 0 Å². The number of rotatable bonds is 3. The van der Waals surface area contributed by atoms with E-state index in [2.05, 4.69) is 13.8 Å². The van der Waals surface area contributed by atoms with E-state index in [1.54, 1.807) is 19.1 Å². The molecule has 0 saturated carbocycles. The topological polar surface area (TPSA) is 20.2 Å². The van der Waals surface area contributed by atoms with Gasteiger partial charge in [-0.3, -0.25) is 0 Å². The van der Waals surface area contributed by atoms with Gasteiger partial charge in [-0.1, -0.05) is 50.2 Å². The minimum Gasteiger partial charge on any atom is -0.381 e. The zero-order valence-electron chi connectivity index (χ0n) is 11.5. The molecule has 2 heteroatoms. The van der Waals surface area contributed by atoms with Crippen LogP contribution in [0.4, 0.5) is 4.39 Å². The van der Waals surface area contributed by atoms with E-state index in [-0.39, 0.29) is 5.82 Å². The molecule has 0 aliphatic carbocycles. The molecule has 0 spiro atoms. The van der Waals surface area contributed by atoms with Crippen molar-refractivity contribution in [2.45, 2.75) is 32.3 Å². The van der Waals surface area contributed by atoms with Crippen LogP contribution in [0.15, 0.2) is 48.5 Å². The average molecular weight is 258 g/mol. The lowest BCUT2D eigenvalue weighted by Crippen LogP contribution is -2.22. The van der Waals surface area contributed by atoms with E-state index < -0.39 is 5.60 Å². The average Bonchev–Trinajstić information content (AvgIpc) is 2.39. The molecule has 1 nitrogen and oxygen atoms in total. The van der Waals surface area contributed by atoms with Crippen molar-refractivity contribution in [3.05, 3.63) is 71.0 Å². The highest BCUT2D eigenvalue weighted by Crippen LogP contribution is 2.30. The van der Waals surface area contributed by atoms with Gasteiger partial charge >= 0.3 is 0 Å². The third kappa shape index (κ3) is 2.85. The van der Waals surface area contributed by atoms with Crippen LogP contribution in [0.3, 0.4) is 0 Å². The fraction of sp³-hybridized carbons (Fsp3) is 0.294. The van der Waals surface area contributed by atoms with E-state index in [9.17, 15) is 9.50 Å². The van der Waals surface area contributed by atoms with Gasteiger partial charge in [0.2, 0.25) is 0 Å². The Morgan fingerprint density at radius 3 is 2.16 bits per heavy atom. The minimum absolute atomic E-state index is 0.337. The first-order chi connectivity index (χ1) is 8.91. The second-order valence-electron chi connectivity index (χ2n) is 5.36. The molecule has 2 aromatic rings. The van der Waals surface area contributed by atoms with Crippen LogP contribution < -0.4 is 0 Å². The second-order valence-corrected chi connectivity index (χ2v) is 5.36. The van der Waals surface area contributed by atoms with Gasteiger partial charge in [-0.15, -0.1) is 0 Å². The number of aliphatic hydroxyl groups is 1. The van der Waals surface area contributed by atoms with Gasteiger partial charge in [0.15, 0.2) is 0 Å². The van der Waals surface area contributed by atoms with Crippen LogP contribution in [0.25, 0.3) is 0 Å². The Balaban J connectivity index is 2.38. The molecule has 0 heterocycles. The van der Waals surface area contributed by atoms with Crippen LogP contribution in [0.1, 0.15) is 43.4 Å². The summed E-state index contributed by atoms with van der Waals surface area (Å²) in [7, 11) is 0. The predicted octanol–water partition coefficient (Wildman–Crippen LogP) is 4.20. The molecule has 0 radical (unpaired) electrons. The summed E-state index contributed by atoms with van der Waals surface area (Å²) in [5.74, 6) is 0.116. The van der Waals surface area contributed by atoms with Gasteiger partial charge in [-0.25, -0.2) is 4.39 Å². The van der Waals surface area contributed by atoms with Gasteiger partial charge in [0.1, 0.15) is 11.4 Å². The molecule has 0 aliphatic heterocycles. The molecule has 19 heavy (non-hydrogen) atoms. The Morgan fingerprint density at radius 1 is 1.00 bits per heavy atom. The molecule has 0 aliphatic rings. The molecule has 2 rings (SSSR count). The molecule has 1 unspecified atom stereocenters. The van der Waals surface area contributed by atoms with Crippen molar-refractivity contribution in [3.8, 4) is 0 Å². The lowest BCUT2D eigenvalue weighted by Gasteiger charge is -2.25. The molecular weight excluding hydrogens is 239 g/mol. The summed E-state index contributed by atoms with van der Waals surface area (Å²) in [5, 5.41) is 10.6. The maximum atomic E-state index is 13.3. The Labute approximate surface area is 113 Å². The van der Waals surface area contributed by atoms with E-state index in [0.717, 1.165) is 5.56 Å². The molecule has 0 bridgehead atoms. The third-order valence-electron chi connectivity index (χ3n) is 3.53. The molecule has 0 aromatic heterocycles. The number of benzene rings is 2. The van der Waals surface area contributed by atoms with Crippen molar-refractivity contribution in [3.63, 3.8) is 0 Å². The summed E-state index contributed by atoms with van der Waals surface area (Å²) in [6.07, 6.45) is 0. The Kier molecular flexibility index (Phi) is 3.72. The van der Waals surface area contributed by atoms with Crippen LogP contribution in [0.2, 0.25) is 0 Å². The quantitative estimate of drug-likeness (QED) is 0.874. The van der Waals surface area contributed by atoms with Crippen molar-refractivity contribution in [1.82, 2.24) is 0 Å². The van der Waals surface area contributed by atoms with Crippen molar-refractivity contribution >= 4 is 0 Å². The largest absolute Gasteiger partial charge is 0.381 e. The number of hydrogen-bond donors (Lipinski definition) is 1. The van der Waals surface area contributed by atoms with Crippen molar-refractivity contribution < 1.29 is 9.50 Å². The zero-order chi connectivity index (χ0) is 14.0. The highest BCUT2D eigenvalue weighted by Gasteiger charge is 2.25. The Hall–Kier alpha value is -1.67. The first-order valence-corrected chi connectivity index (χ1v) is 6.50. The molecule has 100 valence electrons. The summed E-state index contributed by atoms with van der Waals surface area (Å²) in [6, 6.07) is 13.9. The molecule has 1 atom stereocenters. The van der Waals surface area contributed by atoms with E-state index in [0.29, 0.717) is 11.5 Å². The Bertz CT molecular complexity index is 556. The fourth-order valence-electron chi connectivity index (χ4n) is 2.15. The van der Waals surface area contributed by atoms with Crippen LogP contribution in [-0.2, 0) is 5.60 Å². The summed E-state index contributed by atoms with van der Waals surface area (Å²) in [5.41, 5.74) is 1.36. The monoisotopic (exact) mass is 258 g/mol. The molecule has 2 aromatic carbocycles. The van der Waals surface area contributed by atoms with Crippen LogP contribution >= 0.6 is 0 Å². The maximum Gasteiger partial charge on any atom is 0.123 e. The molecule has 0 fully saturated rings. The first kappa shape index (κ1) is 13.8. The lowest BCUT2D eigenvalue weighted by molar-refractivity contribution is 0.102. The van der Waals surface area contributed by atoms with Crippen molar-refractivity contribution in [2.24, 2.45) is 0 Å². The van der Waals surface area contributed by atoms with Crippen LogP contribution in [0, 0.1) is 5.82 Å². The van der Waals surface area contributed by atoms with Crippen molar-refractivity contribution in [1.29, 1.82) is 0 Å². The standard InChI is InChI=1S/C17H19FO/c1-12(2)13-7-9-14(10-8-13)17(3,19)15-5-4-6-16(18)11-15/h4-12,19H,1-3H3. The smallest absolute Gasteiger partial charge is 0.123 e. The highest BCUT2D eigenvalue weighted by molar-refractivity contribution is 5.37. The van der Waals surface area contributed by atoms with E-state index >= 15 is 0 Å². The summed E-state index contributed by atoms with van der Waals surface area (Å²) in [4.78, 5) is 0. The summed E-state index contributed by atoms with van der Waals surface area (Å²) < 4.78 is 13.3. The SMILES string of the molecule is CC(C)c1ccc(C(C)(O)c2cccc(F)c2)cc1. The number of halogens is 1. The molecule has 0 saturated heterocycles. The fourth-order valence-corrected chi connectivity index (χ4v) is 2.15. The first-order valence-electron chi connectivity index (χ1n) is 6.50.